The van der Waals surface area contributed by atoms with Crippen LogP contribution in [0.5, 0.6) is 0 Å². The van der Waals surface area contributed by atoms with Gasteiger partial charge in [-0.2, -0.15) is 0 Å². The number of hydrogen-bond acceptors (Lipinski definition) is 2. The van der Waals surface area contributed by atoms with Crippen LogP contribution >= 0.6 is 0 Å². The zero-order valence-corrected chi connectivity index (χ0v) is 13.0. The summed E-state index contributed by atoms with van der Waals surface area (Å²) in [4.78, 5) is 2.56. The fraction of sp³-hybridized carbons (Fsp3) is 1.00. The SMILES string of the molecule is CCC(CC)NCC(C)N(C)CC1CCCCC1. The highest BCUT2D eigenvalue weighted by Gasteiger charge is 2.18. The summed E-state index contributed by atoms with van der Waals surface area (Å²) < 4.78 is 0. The molecule has 1 rings (SSSR count). The molecule has 0 saturated heterocycles. The van der Waals surface area contributed by atoms with Crippen molar-refractivity contribution < 1.29 is 0 Å². The van der Waals surface area contributed by atoms with Crippen molar-refractivity contribution in [3.8, 4) is 0 Å². The summed E-state index contributed by atoms with van der Waals surface area (Å²) in [6.45, 7) is 9.34. The van der Waals surface area contributed by atoms with Gasteiger partial charge in [0.2, 0.25) is 0 Å². The first-order valence-corrected chi connectivity index (χ1v) is 8.10. The molecule has 0 aromatic rings. The quantitative estimate of drug-likeness (QED) is 0.711. The van der Waals surface area contributed by atoms with Crippen LogP contribution in [0.15, 0.2) is 0 Å². The molecular weight excluding hydrogens is 220 g/mol. The minimum atomic E-state index is 0.660. The van der Waals surface area contributed by atoms with Crippen molar-refractivity contribution in [3.05, 3.63) is 0 Å². The Kier molecular flexibility index (Phi) is 7.92. The number of nitrogens with one attached hydrogen (secondary N) is 1. The Balaban J connectivity index is 2.20. The molecule has 0 heterocycles. The molecule has 0 spiro atoms. The van der Waals surface area contributed by atoms with E-state index in [-0.39, 0.29) is 0 Å². The van der Waals surface area contributed by atoms with Crippen LogP contribution in [0.1, 0.15) is 65.7 Å². The molecule has 1 fully saturated rings. The highest BCUT2D eigenvalue weighted by molar-refractivity contribution is 4.74. The summed E-state index contributed by atoms with van der Waals surface area (Å²) in [6.07, 6.45) is 9.78. The lowest BCUT2D eigenvalue weighted by molar-refractivity contribution is 0.185. The van der Waals surface area contributed by atoms with Gasteiger partial charge in [0.25, 0.3) is 0 Å². The third-order valence-electron chi connectivity index (χ3n) is 4.71. The van der Waals surface area contributed by atoms with E-state index in [1.54, 1.807) is 0 Å². The Morgan fingerprint density at radius 1 is 1.11 bits per heavy atom. The number of hydrogen-bond donors (Lipinski definition) is 1. The van der Waals surface area contributed by atoms with Gasteiger partial charge < -0.3 is 10.2 Å². The van der Waals surface area contributed by atoms with E-state index in [9.17, 15) is 0 Å². The van der Waals surface area contributed by atoms with Crippen molar-refractivity contribution in [3.63, 3.8) is 0 Å². The fourth-order valence-electron chi connectivity index (χ4n) is 3.03. The van der Waals surface area contributed by atoms with Crippen LogP contribution in [-0.4, -0.2) is 37.1 Å². The first-order chi connectivity index (χ1) is 8.67. The Morgan fingerprint density at radius 2 is 1.72 bits per heavy atom. The molecule has 0 aromatic heterocycles. The highest BCUT2D eigenvalue weighted by Crippen LogP contribution is 2.24. The van der Waals surface area contributed by atoms with E-state index in [1.165, 1.54) is 51.5 Å². The lowest BCUT2D eigenvalue weighted by atomic mass is 9.89. The number of likely N-dealkylation sites (N-methyl/N-ethyl adjacent to an activating group) is 1. The number of nitrogens with zero attached hydrogens (tertiary/aromatic N) is 1. The van der Waals surface area contributed by atoms with Gasteiger partial charge in [-0.3, -0.25) is 0 Å². The van der Waals surface area contributed by atoms with Crippen LogP contribution in [0.3, 0.4) is 0 Å². The third-order valence-corrected chi connectivity index (χ3v) is 4.71. The second kappa shape index (κ2) is 8.92. The zero-order chi connectivity index (χ0) is 13.4. The Bertz CT molecular complexity index is 195. The van der Waals surface area contributed by atoms with Crippen LogP contribution < -0.4 is 5.32 Å². The van der Waals surface area contributed by atoms with Gasteiger partial charge >= 0.3 is 0 Å². The normalized spacial score (nSPS) is 19.7. The fourth-order valence-corrected chi connectivity index (χ4v) is 3.03. The molecule has 18 heavy (non-hydrogen) atoms. The van der Waals surface area contributed by atoms with Gasteiger partial charge in [-0.05, 0) is 45.6 Å². The van der Waals surface area contributed by atoms with Crippen molar-refractivity contribution in [2.75, 3.05) is 20.1 Å². The van der Waals surface area contributed by atoms with Crippen LogP contribution in [0.2, 0.25) is 0 Å². The van der Waals surface area contributed by atoms with Gasteiger partial charge in [0.15, 0.2) is 0 Å². The van der Waals surface area contributed by atoms with Crippen LogP contribution in [0, 0.1) is 5.92 Å². The summed E-state index contributed by atoms with van der Waals surface area (Å²) in [5.41, 5.74) is 0. The van der Waals surface area contributed by atoms with E-state index < -0.39 is 0 Å². The molecule has 1 aliphatic carbocycles. The monoisotopic (exact) mass is 254 g/mol. The molecule has 0 radical (unpaired) electrons. The molecule has 1 saturated carbocycles. The molecule has 0 bridgehead atoms. The van der Waals surface area contributed by atoms with Crippen molar-refractivity contribution in [1.82, 2.24) is 10.2 Å². The molecular formula is C16H34N2. The molecule has 0 aromatic carbocycles. The maximum atomic E-state index is 3.70. The Morgan fingerprint density at radius 3 is 2.28 bits per heavy atom. The minimum absolute atomic E-state index is 0.660. The molecule has 2 nitrogen and oxygen atoms in total. The molecule has 2 heteroatoms. The van der Waals surface area contributed by atoms with E-state index in [4.69, 9.17) is 0 Å². The summed E-state index contributed by atoms with van der Waals surface area (Å²) in [5.74, 6) is 0.958. The molecule has 0 amide bonds. The topological polar surface area (TPSA) is 15.3 Å². The molecule has 108 valence electrons. The maximum Gasteiger partial charge on any atom is 0.0189 e. The van der Waals surface area contributed by atoms with Gasteiger partial charge in [-0.1, -0.05) is 33.1 Å². The smallest absolute Gasteiger partial charge is 0.0189 e. The largest absolute Gasteiger partial charge is 0.312 e. The summed E-state index contributed by atoms with van der Waals surface area (Å²) in [5, 5.41) is 3.70. The lowest BCUT2D eigenvalue weighted by Crippen LogP contribution is -2.43. The van der Waals surface area contributed by atoms with Crippen molar-refractivity contribution in [2.24, 2.45) is 5.92 Å². The van der Waals surface area contributed by atoms with Crippen molar-refractivity contribution >= 4 is 0 Å². The number of rotatable bonds is 8. The van der Waals surface area contributed by atoms with Gasteiger partial charge in [-0.15, -0.1) is 0 Å². The van der Waals surface area contributed by atoms with Gasteiger partial charge in [0.1, 0.15) is 0 Å². The lowest BCUT2D eigenvalue weighted by Gasteiger charge is -2.32. The zero-order valence-electron chi connectivity index (χ0n) is 13.0. The predicted molar refractivity (Wildman–Crippen MR) is 81.0 cm³/mol. The summed E-state index contributed by atoms with van der Waals surface area (Å²) in [6, 6.07) is 1.36. The van der Waals surface area contributed by atoms with E-state index >= 15 is 0 Å². The highest BCUT2D eigenvalue weighted by atomic mass is 15.1. The van der Waals surface area contributed by atoms with Crippen LogP contribution in [0.4, 0.5) is 0 Å². The molecule has 1 unspecified atom stereocenters. The predicted octanol–water partition coefficient (Wildman–Crippen LogP) is 3.67. The summed E-state index contributed by atoms with van der Waals surface area (Å²) >= 11 is 0. The second-order valence-corrected chi connectivity index (χ2v) is 6.21. The average Bonchev–Trinajstić information content (AvgIpc) is 2.40. The first-order valence-electron chi connectivity index (χ1n) is 8.10. The second-order valence-electron chi connectivity index (χ2n) is 6.21. The van der Waals surface area contributed by atoms with E-state index in [0.29, 0.717) is 12.1 Å². The van der Waals surface area contributed by atoms with Gasteiger partial charge in [0, 0.05) is 25.2 Å². The maximum absolute atomic E-state index is 3.70. The molecule has 1 N–H and O–H groups in total. The standard InChI is InChI=1S/C16H34N2/c1-5-16(6-2)17-12-14(3)18(4)13-15-10-8-7-9-11-15/h14-17H,5-13H2,1-4H3. The average molecular weight is 254 g/mol. The Hall–Kier alpha value is -0.0800. The van der Waals surface area contributed by atoms with Gasteiger partial charge in [0.05, 0.1) is 0 Å². The van der Waals surface area contributed by atoms with Crippen molar-refractivity contribution in [1.29, 1.82) is 0 Å². The van der Waals surface area contributed by atoms with Gasteiger partial charge in [-0.25, -0.2) is 0 Å². The summed E-state index contributed by atoms with van der Waals surface area (Å²) in [7, 11) is 2.30. The van der Waals surface area contributed by atoms with E-state index in [0.717, 1.165) is 12.5 Å². The van der Waals surface area contributed by atoms with Crippen molar-refractivity contribution in [2.45, 2.75) is 77.8 Å². The van der Waals surface area contributed by atoms with Crippen LogP contribution in [-0.2, 0) is 0 Å². The third kappa shape index (κ3) is 5.71. The Labute approximate surface area is 115 Å². The molecule has 1 atom stereocenters. The molecule has 1 aliphatic rings. The minimum Gasteiger partial charge on any atom is -0.312 e. The van der Waals surface area contributed by atoms with Crippen LogP contribution in [0.25, 0.3) is 0 Å². The first kappa shape index (κ1) is 16.0. The van der Waals surface area contributed by atoms with E-state index in [1.807, 2.05) is 0 Å². The molecule has 0 aliphatic heterocycles. The van der Waals surface area contributed by atoms with E-state index in [2.05, 4.69) is 38.0 Å².